The van der Waals surface area contributed by atoms with E-state index in [1.54, 1.807) is 6.20 Å². The minimum Gasteiger partial charge on any atom is -0.392 e. The lowest BCUT2D eigenvalue weighted by atomic mass is 10.2. The second-order valence-corrected chi connectivity index (χ2v) is 3.45. The highest BCUT2D eigenvalue weighted by molar-refractivity contribution is 5.07. The molecule has 2 atom stereocenters. The van der Waals surface area contributed by atoms with Crippen molar-refractivity contribution in [2.45, 2.75) is 32.4 Å². The third-order valence-electron chi connectivity index (χ3n) is 2.26. The van der Waals surface area contributed by atoms with E-state index in [1.165, 1.54) is 0 Å². The van der Waals surface area contributed by atoms with Crippen LogP contribution in [-0.4, -0.2) is 22.7 Å². The number of aliphatic hydroxyl groups excluding tert-OH is 1. The molecule has 2 N–H and O–H groups in total. The lowest BCUT2D eigenvalue weighted by Gasteiger charge is -2.15. The Hall–Kier alpha value is -0.930. The van der Waals surface area contributed by atoms with Gasteiger partial charge in [0.15, 0.2) is 0 Å². The smallest absolute Gasteiger partial charge is 0.0662 e. The first-order valence-corrected chi connectivity index (χ1v) is 5.06. The van der Waals surface area contributed by atoms with Crippen LogP contribution in [0.4, 0.5) is 0 Å². The fraction of sp³-hybridized carbons (Fsp3) is 0.545. The molecule has 0 aromatic carbocycles. The molecule has 3 heteroatoms. The Morgan fingerprint density at radius 3 is 2.86 bits per heavy atom. The molecule has 2 unspecified atom stereocenters. The maximum absolute atomic E-state index is 9.37. The predicted molar refractivity (Wildman–Crippen MR) is 57.0 cm³/mol. The van der Waals surface area contributed by atoms with Crippen molar-refractivity contribution in [1.82, 2.24) is 10.3 Å². The van der Waals surface area contributed by atoms with E-state index in [0.29, 0.717) is 6.54 Å². The molecule has 78 valence electrons. The summed E-state index contributed by atoms with van der Waals surface area (Å²) in [6.45, 7) is 4.64. The summed E-state index contributed by atoms with van der Waals surface area (Å²) in [5.74, 6) is 0. The van der Waals surface area contributed by atoms with Crippen LogP contribution in [0.3, 0.4) is 0 Å². The molecule has 0 radical (unpaired) electrons. The topological polar surface area (TPSA) is 45.1 Å². The molecule has 0 aliphatic heterocycles. The Labute approximate surface area is 85.2 Å². The van der Waals surface area contributed by atoms with Gasteiger partial charge in [0.2, 0.25) is 0 Å². The molecule has 0 saturated carbocycles. The zero-order valence-electron chi connectivity index (χ0n) is 8.77. The van der Waals surface area contributed by atoms with Crippen LogP contribution < -0.4 is 5.32 Å². The van der Waals surface area contributed by atoms with Crippen molar-refractivity contribution in [3.8, 4) is 0 Å². The Morgan fingerprint density at radius 1 is 1.50 bits per heavy atom. The maximum Gasteiger partial charge on any atom is 0.0662 e. The number of rotatable bonds is 5. The van der Waals surface area contributed by atoms with Gasteiger partial charge in [-0.3, -0.25) is 4.98 Å². The molecule has 0 amide bonds. The average Bonchev–Trinajstić information content (AvgIpc) is 2.26. The Morgan fingerprint density at radius 2 is 2.29 bits per heavy atom. The molecule has 14 heavy (non-hydrogen) atoms. The van der Waals surface area contributed by atoms with E-state index in [4.69, 9.17) is 0 Å². The Kier molecular flexibility index (Phi) is 4.56. The van der Waals surface area contributed by atoms with Crippen LogP contribution in [0.15, 0.2) is 24.4 Å². The number of aliphatic hydroxyl groups is 1. The number of hydrogen-bond donors (Lipinski definition) is 2. The number of pyridine rings is 1. The first kappa shape index (κ1) is 11.1. The molecule has 0 saturated heterocycles. The molecule has 3 nitrogen and oxygen atoms in total. The van der Waals surface area contributed by atoms with Gasteiger partial charge in [-0.25, -0.2) is 0 Å². The monoisotopic (exact) mass is 194 g/mol. The van der Waals surface area contributed by atoms with Gasteiger partial charge in [0.25, 0.3) is 0 Å². The zero-order valence-corrected chi connectivity index (χ0v) is 8.77. The number of nitrogens with one attached hydrogen (secondary N) is 1. The van der Waals surface area contributed by atoms with Crippen LogP contribution in [0, 0.1) is 0 Å². The highest BCUT2D eigenvalue weighted by Gasteiger charge is 2.07. The number of aromatic nitrogens is 1. The summed E-state index contributed by atoms with van der Waals surface area (Å²) in [5.41, 5.74) is 1.01. The zero-order chi connectivity index (χ0) is 10.4. The lowest BCUT2D eigenvalue weighted by molar-refractivity contribution is 0.163. The number of hydrogen-bond acceptors (Lipinski definition) is 3. The van der Waals surface area contributed by atoms with E-state index < -0.39 is 0 Å². The van der Waals surface area contributed by atoms with E-state index in [2.05, 4.69) is 10.3 Å². The normalized spacial score (nSPS) is 15.1. The van der Waals surface area contributed by atoms with Gasteiger partial charge < -0.3 is 10.4 Å². The van der Waals surface area contributed by atoms with Gasteiger partial charge >= 0.3 is 0 Å². The summed E-state index contributed by atoms with van der Waals surface area (Å²) in [6.07, 6.45) is 2.30. The fourth-order valence-corrected chi connectivity index (χ4v) is 1.19. The number of nitrogens with zero attached hydrogens (tertiary/aromatic N) is 1. The molecule has 0 aliphatic carbocycles. The summed E-state index contributed by atoms with van der Waals surface area (Å²) in [6, 6.07) is 6.04. The first-order chi connectivity index (χ1) is 6.74. The van der Waals surface area contributed by atoms with Crippen LogP contribution in [0.5, 0.6) is 0 Å². The van der Waals surface area contributed by atoms with Gasteiger partial charge in [-0.05, 0) is 25.5 Å². The van der Waals surface area contributed by atoms with Crippen molar-refractivity contribution in [3.05, 3.63) is 30.1 Å². The van der Waals surface area contributed by atoms with Gasteiger partial charge in [0.05, 0.1) is 11.8 Å². The van der Waals surface area contributed by atoms with Crippen LogP contribution in [0.25, 0.3) is 0 Å². The molecule has 1 aromatic heterocycles. The van der Waals surface area contributed by atoms with Gasteiger partial charge in [0, 0.05) is 18.8 Å². The average molecular weight is 194 g/mol. The van der Waals surface area contributed by atoms with Crippen molar-refractivity contribution in [1.29, 1.82) is 0 Å². The summed E-state index contributed by atoms with van der Waals surface area (Å²) in [5, 5.41) is 12.6. The summed E-state index contributed by atoms with van der Waals surface area (Å²) >= 11 is 0. The second-order valence-electron chi connectivity index (χ2n) is 3.45. The maximum atomic E-state index is 9.37. The largest absolute Gasteiger partial charge is 0.392 e. The summed E-state index contributed by atoms with van der Waals surface area (Å²) in [7, 11) is 0. The molecule has 0 bridgehead atoms. The molecule has 1 heterocycles. The van der Waals surface area contributed by atoms with Crippen molar-refractivity contribution >= 4 is 0 Å². The highest BCUT2D eigenvalue weighted by Crippen LogP contribution is 2.07. The quantitative estimate of drug-likeness (QED) is 0.746. The van der Waals surface area contributed by atoms with Crippen molar-refractivity contribution in [3.63, 3.8) is 0 Å². The third-order valence-corrected chi connectivity index (χ3v) is 2.26. The molecule has 0 spiro atoms. The Balaban J connectivity index is 2.39. The van der Waals surface area contributed by atoms with E-state index in [0.717, 1.165) is 12.1 Å². The van der Waals surface area contributed by atoms with Gasteiger partial charge in [-0.1, -0.05) is 13.0 Å². The van der Waals surface area contributed by atoms with Crippen molar-refractivity contribution < 1.29 is 5.11 Å². The van der Waals surface area contributed by atoms with Crippen molar-refractivity contribution in [2.24, 2.45) is 0 Å². The SMILES string of the molecule is CCC(O)CNC(C)c1ccccn1. The van der Waals surface area contributed by atoms with Gasteiger partial charge in [0.1, 0.15) is 0 Å². The molecule has 1 aromatic rings. The van der Waals surface area contributed by atoms with E-state index >= 15 is 0 Å². The van der Waals surface area contributed by atoms with Gasteiger partial charge in [-0.15, -0.1) is 0 Å². The molecule has 0 aliphatic rings. The van der Waals surface area contributed by atoms with E-state index in [-0.39, 0.29) is 12.1 Å². The minimum absolute atomic E-state index is 0.192. The second kappa shape index (κ2) is 5.73. The lowest BCUT2D eigenvalue weighted by Crippen LogP contribution is -2.28. The molecule has 0 fully saturated rings. The van der Waals surface area contributed by atoms with Crippen LogP contribution in [-0.2, 0) is 0 Å². The van der Waals surface area contributed by atoms with Crippen LogP contribution in [0.2, 0.25) is 0 Å². The van der Waals surface area contributed by atoms with Crippen molar-refractivity contribution in [2.75, 3.05) is 6.54 Å². The van der Waals surface area contributed by atoms with Gasteiger partial charge in [-0.2, -0.15) is 0 Å². The standard InChI is InChI=1S/C11H18N2O/c1-3-10(14)8-13-9(2)11-6-4-5-7-12-11/h4-7,9-10,13-14H,3,8H2,1-2H3. The minimum atomic E-state index is -0.263. The third kappa shape index (κ3) is 3.44. The molecular formula is C11H18N2O. The summed E-state index contributed by atoms with van der Waals surface area (Å²) < 4.78 is 0. The van der Waals surface area contributed by atoms with Crippen LogP contribution >= 0.6 is 0 Å². The van der Waals surface area contributed by atoms with E-state index in [1.807, 2.05) is 32.0 Å². The highest BCUT2D eigenvalue weighted by atomic mass is 16.3. The first-order valence-electron chi connectivity index (χ1n) is 5.06. The van der Waals surface area contributed by atoms with E-state index in [9.17, 15) is 5.11 Å². The predicted octanol–water partition coefficient (Wildman–Crippen LogP) is 1.50. The van der Waals surface area contributed by atoms with Crippen LogP contribution in [0.1, 0.15) is 32.0 Å². The molecular weight excluding hydrogens is 176 g/mol. The summed E-state index contributed by atoms with van der Waals surface area (Å²) in [4.78, 5) is 4.24. The Bertz CT molecular complexity index is 251. The molecule has 1 rings (SSSR count). The fourth-order valence-electron chi connectivity index (χ4n) is 1.19.